The van der Waals surface area contributed by atoms with Crippen molar-refractivity contribution >= 4 is 23.6 Å². The number of hydrogen-bond acceptors (Lipinski definition) is 7. The predicted octanol–water partition coefficient (Wildman–Crippen LogP) is 2.01. The van der Waals surface area contributed by atoms with Crippen molar-refractivity contribution in [2.24, 2.45) is 35.1 Å². The topological polar surface area (TPSA) is 185 Å². The number of carboxylic acids is 1. The van der Waals surface area contributed by atoms with Crippen LogP contribution in [0.3, 0.4) is 0 Å². The van der Waals surface area contributed by atoms with Gasteiger partial charge in [0.15, 0.2) is 5.78 Å². The van der Waals surface area contributed by atoms with Gasteiger partial charge in [-0.1, -0.05) is 78.3 Å². The Morgan fingerprint density at radius 1 is 0.900 bits per heavy atom. The van der Waals surface area contributed by atoms with Gasteiger partial charge in [-0.3, -0.25) is 14.4 Å². The van der Waals surface area contributed by atoms with Gasteiger partial charge in [-0.2, -0.15) is 0 Å². The number of aliphatic hydroxyl groups excluding tert-OH is 1. The standard InChI is InChI=1S/C30H50N4O6/c1-7-19(6)27(34-28(37)21(18(4)5)15-25(35)22(31)13-17(2)3)26(36)16-24(30(39)40)33-29(38)23(32)14-20-11-9-8-10-12-20/h8-12,17-19,21-25,27,35H,7,13-16,31-32H2,1-6H3,(H,33,38)(H,34,37)(H,39,40)/t19-,21?,22-,23?,24-,25-,27?/m0/s1. The van der Waals surface area contributed by atoms with E-state index in [0.29, 0.717) is 18.8 Å². The molecule has 226 valence electrons. The predicted molar refractivity (Wildman–Crippen MR) is 155 cm³/mol. The molecule has 0 aliphatic rings. The lowest BCUT2D eigenvalue weighted by Crippen LogP contribution is -2.53. The summed E-state index contributed by atoms with van der Waals surface area (Å²) < 4.78 is 0. The van der Waals surface area contributed by atoms with Crippen molar-refractivity contribution in [3.8, 4) is 0 Å². The van der Waals surface area contributed by atoms with Crippen LogP contribution in [0.15, 0.2) is 30.3 Å². The van der Waals surface area contributed by atoms with E-state index in [0.717, 1.165) is 5.56 Å². The zero-order chi connectivity index (χ0) is 30.6. The molecule has 0 saturated heterocycles. The summed E-state index contributed by atoms with van der Waals surface area (Å²) in [5.41, 5.74) is 13.0. The second-order valence-corrected chi connectivity index (χ2v) is 11.7. The second kappa shape index (κ2) is 17.1. The molecule has 10 heteroatoms. The fourth-order valence-electron chi connectivity index (χ4n) is 4.62. The number of carbonyl (C=O) groups excluding carboxylic acids is 3. The van der Waals surface area contributed by atoms with E-state index in [-0.39, 0.29) is 24.7 Å². The first-order valence-electron chi connectivity index (χ1n) is 14.3. The van der Waals surface area contributed by atoms with Gasteiger partial charge in [-0.25, -0.2) is 4.79 Å². The number of hydrogen-bond donors (Lipinski definition) is 6. The van der Waals surface area contributed by atoms with Gasteiger partial charge in [-0.15, -0.1) is 0 Å². The molecule has 8 N–H and O–H groups in total. The normalized spacial score (nSPS) is 16.9. The number of benzene rings is 1. The summed E-state index contributed by atoms with van der Waals surface area (Å²) in [6, 6.07) is 5.15. The molecule has 0 saturated carbocycles. The fourth-order valence-corrected chi connectivity index (χ4v) is 4.62. The smallest absolute Gasteiger partial charge is 0.326 e. The number of aliphatic carboxylic acids is 1. The van der Waals surface area contributed by atoms with Crippen LogP contribution in [0.25, 0.3) is 0 Å². The molecule has 0 radical (unpaired) electrons. The number of ketones is 1. The lowest BCUT2D eigenvalue weighted by Gasteiger charge is -2.30. The van der Waals surface area contributed by atoms with Crippen LogP contribution < -0.4 is 22.1 Å². The van der Waals surface area contributed by atoms with Gasteiger partial charge in [-0.05, 0) is 42.6 Å². The van der Waals surface area contributed by atoms with Crippen molar-refractivity contribution in [1.29, 1.82) is 0 Å². The summed E-state index contributed by atoms with van der Waals surface area (Å²) in [5, 5.41) is 25.6. The van der Waals surface area contributed by atoms with Crippen LogP contribution in [0.2, 0.25) is 0 Å². The Hall–Kier alpha value is -2.82. The number of amides is 2. The van der Waals surface area contributed by atoms with E-state index in [1.165, 1.54) is 0 Å². The van der Waals surface area contributed by atoms with Crippen molar-refractivity contribution in [3.05, 3.63) is 35.9 Å². The molecule has 1 rings (SSSR count). The summed E-state index contributed by atoms with van der Waals surface area (Å²) in [5.74, 6) is -3.69. The van der Waals surface area contributed by atoms with Crippen LogP contribution in [0.5, 0.6) is 0 Å². The van der Waals surface area contributed by atoms with Crippen molar-refractivity contribution in [1.82, 2.24) is 10.6 Å². The molecule has 0 fully saturated rings. The lowest BCUT2D eigenvalue weighted by atomic mass is 9.84. The van der Waals surface area contributed by atoms with E-state index >= 15 is 0 Å². The van der Waals surface area contributed by atoms with Gasteiger partial charge >= 0.3 is 5.97 Å². The number of rotatable bonds is 18. The van der Waals surface area contributed by atoms with Gasteiger partial charge in [0.2, 0.25) is 11.8 Å². The monoisotopic (exact) mass is 562 g/mol. The van der Waals surface area contributed by atoms with Crippen LogP contribution in [-0.4, -0.2) is 64.1 Å². The molecule has 0 heterocycles. The maximum absolute atomic E-state index is 13.4. The minimum atomic E-state index is -1.50. The summed E-state index contributed by atoms with van der Waals surface area (Å²) >= 11 is 0. The second-order valence-electron chi connectivity index (χ2n) is 11.7. The highest BCUT2D eigenvalue weighted by atomic mass is 16.4. The maximum atomic E-state index is 13.4. The van der Waals surface area contributed by atoms with Crippen LogP contribution in [-0.2, 0) is 25.6 Å². The largest absolute Gasteiger partial charge is 0.480 e. The molecular formula is C30H50N4O6. The van der Waals surface area contributed by atoms with Crippen molar-refractivity contribution in [3.63, 3.8) is 0 Å². The van der Waals surface area contributed by atoms with Crippen LogP contribution in [0.1, 0.15) is 72.8 Å². The van der Waals surface area contributed by atoms with E-state index in [2.05, 4.69) is 10.6 Å². The molecule has 7 atom stereocenters. The molecule has 1 aromatic rings. The van der Waals surface area contributed by atoms with Gasteiger partial charge < -0.3 is 32.3 Å². The van der Waals surface area contributed by atoms with Crippen molar-refractivity contribution in [2.75, 3.05) is 0 Å². The summed E-state index contributed by atoms with van der Waals surface area (Å²) in [6.07, 6.45) is 0.122. The molecule has 10 nitrogen and oxygen atoms in total. The summed E-state index contributed by atoms with van der Waals surface area (Å²) in [4.78, 5) is 51.3. The Bertz CT molecular complexity index is 955. The number of aliphatic hydroxyl groups is 1. The minimum absolute atomic E-state index is 0.134. The first-order chi connectivity index (χ1) is 18.7. The molecule has 0 aliphatic heterocycles. The highest BCUT2D eigenvalue weighted by Crippen LogP contribution is 2.22. The first-order valence-corrected chi connectivity index (χ1v) is 14.3. The Balaban J connectivity index is 2.97. The molecule has 0 aliphatic carbocycles. The molecular weight excluding hydrogens is 512 g/mol. The summed E-state index contributed by atoms with van der Waals surface area (Å²) in [7, 11) is 0. The highest BCUT2D eigenvalue weighted by molar-refractivity contribution is 5.95. The molecule has 0 aromatic heterocycles. The molecule has 2 amide bonds. The average Bonchev–Trinajstić information content (AvgIpc) is 2.88. The molecule has 0 bridgehead atoms. The van der Waals surface area contributed by atoms with Gasteiger partial charge in [0, 0.05) is 18.4 Å². The lowest BCUT2D eigenvalue weighted by molar-refractivity contribution is -0.144. The van der Waals surface area contributed by atoms with E-state index in [9.17, 15) is 29.4 Å². The SMILES string of the molecule is CC[C@H](C)C(NC(=O)C(C[C@H](O)[C@@H](N)CC(C)C)C(C)C)C(=O)C[C@H](NC(=O)C(N)Cc1ccccc1)C(=O)O. The molecule has 1 aromatic carbocycles. The van der Waals surface area contributed by atoms with E-state index in [4.69, 9.17) is 11.5 Å². The molecule has 3 unspecified atom stereocenters. The zero-order valence-corrected chi connectivity index (χ0v) is 24.8. The number of Topliss-reactive ketones (excluding diaryl/α,β-unsaturated/α-hetero) is 1. The number of nitrogens with one attached hydrogen (secondary N) is 2. The third kappa shape index (κ3) is 11.7. The fraction of sp³-hybridized carbons (Fsp3) is 0.667. The van der Waals surface area contributed by atoms with Crippen LogP contribution in [0, 0.1) is 23.7 Å². The number of carbonyl (C=O) groups is 4. The van der Waals surface area contributed by atoms with Gasteiger partial charge in [0.05, 0.1) is 18.2 Å². The highest BCUT2D eigenvalue weighted by Gasteiger charge is 2.35. The van der Waals surface area contributed by atoms with Gasteiger partial charge in [0.1, 0.15) is 6.04 Å². The molecule has 40 heavy (non-hydrogen) atoms. The third-order valence-corrected chi connectivity index (χ3v) is 7.39. The quantitative estimate of drug-likeness (QED) is 0.157. The van der Waals surface area contributed by atoms with E-state index < -0.39 is 66.2 Å². The van der Waals surface area contributed by atoms with Crippen molar-refractivity contribution < 1.29 is 29.4 Å². The Labute approximate surface area is 238 Å². The van der Waals surface area contributed by atoms with Crippen LogP contribution >= 0.6 is 0 Å². The van der Waals surface area contributed by atoms with Crippen LogP contribution in [0.4, 0.5) is 0 Å². The van der Waals surface area contributed by atoms with Crippen molar-refractivity contribution in [2.45, 2.75) is 104 Å². The third-order valence-electron chi connectivity index (χ3n) is 7.39. The number of carboxylic acid groups (broad SMARTS) is 1. The van der Waals surface area contributed by atoms with E-state index in [1.54, 1.807) is 6.92 Å². The Kier molecular flexibility index (Phi) is 15.0. The number of nitrogens with two attached hydrogens (primary N) is 2. The Morgan fingerprint density at radius 2 is 1.50 bits per heavy atom. The zero-order valence-electron chi connectivity index (χ0n) is 24.8. The Morgan fingerprint density at radius 3 is 2.00 bits per heavy atom. The van der Waals surface area contributed by atoms with E-state index in [1.807, 2.05) is 65.0 Å². The minimum Gasteiger partial charge on any atom is -0.480 e. The maximum Gasteiger partial charge on any atom is 0.326 e. The first kappa shape index (κ1) is 35.2. The van der Waals surface area contributed by atoms with Gasteiger partial charge in [0.25, 0.3) is 0 Å². The summed E-state index contributed by atoms with van der Waals surface area (Å²) in [6.45, 7) is 11.4. The average molecular weight is 563 g/mol. The molecule has 0 spiro atoms.